The second-order valence-electron chi connectivity index (χ2n) is 6.38. The van der Waals surface area contributed by atoms with E-state index in [4.69, 9.17) is 0 Å². The number of fused-ring (bicyclic) bond motifs is 3. The average molecular weight is 282 g/mol. The summed E-state index contributed by atoms with van der Waals surface area (Å²) < 4.78 is 0. The standard InChI is InChI=1S/C16H34N4/c1-3-16-6-5-9-19-13-12-18(4-2)11-8-17-20(10-7-16)15-14-19/h16-17H,3-15H2,1-2H3. The van der Waals surface area contributed by atoms with E-state index in [1.165, 1.54) is 78.0 Å². The fraction of sp³-hybridized carbons (Fsp3) is 1.00. The van der Waals surface area contributed by atoms with Crippen LogP contribution in [0.3, 0.4) is 0 Å². The summed E-state index contributed by atoms with van der Waals surface area (Å²) in [5, 5.41) is 2.49. The molecule has 4 nitrogen and oxygen atoms in total. The van der Waals surface area contributed by atoms with Crippen molar-refractivity contribution in [2.24, 2.45) is 5.92 Å². The summed E-state index contributed by atoms with van der Waals surface area (Å²) in [4.78, 5) is 5.25. The summed E-state index contributed by atoms with van der Waals surface area (Å²) in [5.41, 5.74) is 3.67. The van der Waals surface area contributed by atoms with E-state index >= 15 is 0 Å². The first-order valence-electron chi connectivity index (χ1n) is 8.75. The van der Waals surface area contributed by atoms with Crippen molar-refractivity contribution in [3.8, 4) is 0 Å². The molecular formula is C16H34N4. The predicted octanol–water partition coefficient (Wildman–Crippen LogP) is 1.64. The van der Waals surface area contributed by atoms with Crippen LogP contribution in [0.2, 0.25) is 0 Å². The molecule has 4 heteroatoms. The van der Waals surface area contributed by atoms with E-state index < -0.39 is 0 Å². The molecule has 2 aliphatic heterocycles. The summed E-state index contributed by atoms with van der Waals surface area (Å²) in [7, 11) is 0. The van der Waals surface area contributed by atoms with Gasteiger partial charge in [-0.1, -0.05) is 20.3 Å². The summed E-state index contributed by atoms with van der Waals surface area (Å²) >= 11 is 0. The summed E-state index contributed by atoms with van der Waals surface area (Å²) in [6.45, 7) is 15.5. The Morgan fingerprint density at radius 3 is 2.55 bits per heavy atom. The van der Waals surface area contributed by atoms with Crippen LogP contribution in [0.25, 0.3) is 0 Å². The molecule has 0 spiro atoms. The van der Waals surface area contributed by atoms with Crippen LogP contribution < -0.4 is 5.43 Å². The normalized spacial score (nSPS) is 34.8. The third kappa shape index (κ3) is 5.32. The van der Waals surface area contributed by atoms with Gasteiger partial charge < -0.3 is 9.80 Å². The lowest BCUT2D eigenvalue weighted by atomic mass is 9.96. The lowest BCUT2D eigenvalue weighted by Gasteiger charge is -2.35. The van der Waals surface area contributed by atoms with Gasteiger partial charge in [0.05, 0.1) is 0 Å². The molecule has 0 amide bonds. The number of nitrogens with one attached hydrogen (secondary N) is 1. The van der Waals surface area contributed by atoms with Crippen molar-refractivity contribution >= 4 is 0 Å². The molecule has 0 aromatic heterocycles. The summed E-state index contributed by atoms with van der Waals surface area (Å²) in [6.07, 6.45) is 5.51. The van der Waals surface area contributed by atoms with E-state index in [0.29, 0.717) is 0 Å². The number of nitrogens with zero attached hydrogens (tertiary/aromatic N) is 3. The van der Waals surface area contributed by atoms with Crippen LogP contribution in [0.5, 0.6) is 0 Å². The van der Waals surface area contributed by atoms with Gasteiger partial charge in [0.25, 0.3) is 0 Å². The molecule has 3 atom stereocenters. The molecule has 1 N–H and O–H groups in total. The Balaban J connectivity index is 1.95. The van der Waals surface area contributed by atoms with Crippen LogP contribution in [0.15, 0.2) is 0 Å². The van der Waals surface area contributed by atoms with Crippen molar-refractivity contribution in [3.05, 3.63) is 0 Å². The fourth-order valence-electron chi connectivity index (χ4n) is 3.44. The van der Waals surface area contributed by atoms with Gasteiger partial charge in [-0.25, -0.2) is 5.01 Å². The Hall–Kier alpha value is -0.160. The van der Waals surface area contributed by atoms with Crippen molar-refractivity contribution in [2.75, 3.05) is 58.9 Å². The highest BCUT2D eigenvalue weighted by Gasteiger charge is 2.17. The number of likely N-dealkylation sites (N-methyl/N-ethyl adjacent to an activating group) is 1. The molecule has 118 valence electrons. The van der Waals surface area contributed by atoms with Crippen molar-refractivity contribution in [2.45, 2.75) is 39.5 Å². The number of hydrogen-bond donors (Lipinski definition) is 1. The molecule has 2 rings (SSSR count). The van der Waals surface area contributed by atoms with Crippen LogP contribution in [0.1, 0.15) is 39.5 Å². The van der Waals surface area contributed by atoms with Gasteiger partial charge in [0.1, 0.15) is 0 Å². The van der Waals surface area contributed by atoms with Gasteiger partial charge in [-0.15, -0.1) is 0 Å². The highest BCUT2D eigenvalue weighted by atomic mass is 15.5. The largest absolute Gasteiger partial charge is 0.301 e. The average Bonchev–Trinajstić information content (AvgIpc) is 2.49. The van der Waals surface area contributed by atoms with Crippen molar-refractivity contribution in [1.82, 2.24) is 20.2 Å². The van der Waals surface area contributed by atoms with Crippen LogP contribution in [-0.2, 0) is 0 Å². The van der Waals surface area contributed by atoms with E-state index in [9.17, 15) is 0 Å². The topological polar surface area (TPSA) is 21.8 Å². The van der Waals surface area contributed by atoms with E-state index in [-0.39, 0.29) is 0 Å². The monoisotopic (exact) mass is 282 g/mol. The molecule has 2 bridgehead atoms. The van der Waals surface area contributed by atoms with E-state index in [1.54, 1.807) is 0 Å². The maximum absolute atomic E-state index is 3.67. The second-order valence-corrected chi connectivity index (χ2v) is 6.38. The predicted molar refractivity (Wildman–Crippen MR) is 85.8 cm³/mol. The van der Waals surface area contributed by atoms with Crippen LogP contribution in [0.4, 0.5) is 0 Å². The van der Waals surface area contributed by atoms with Crippen LogP contribution in [0, 0.1) is 5.92 Å². The molecule has 0 aromatic rings. The second kappa shape index (κ2) is 8.98. The zero-order valence-corrected chi connectivity index (χ0v) is 13.6. The van der Waals surface area contributed by atoms with Crippen LogP contribution in [-0.4, -0.2) is 73.7 Å². The molecule has 2 fully saturated rings. The third-order valence-electron chi connectivity index (χ3n) is 5.10. The Kier molecular flexibility index (Phi) is 7.28. The first-order valence-corrected chi connectivity index (χ1v) is 8.75. The molecule has 0 saturated carbocycles. The highest BCUT2D eigenvalue weighted by molar-refractivity contribution is 4.71. The van der Waals surface area contributed by atoms with Gasteiger partial charge in [0.2, 0.25) is 0 Å². The lowest BCUT2D eigenvalue weighted by molar-refractivity contribution is 0.102. The summed E-state index contributed by atoms with van der Waals surface area (Å²) in [6, 6.07) is 0. The number of rotatable bonds is 2. The SMILES string of the molecule is CCC1CCCN2CCN(CC)CCNN(CC1)CC2. The Labute approximate surface area is 125 Å². The van der Waals surface area contributed by atoms with Gasteiger partial charge in [0, 0.05) is 45.8 Å². The molecule has 2 aliphatic rings. The zero-order chi connectivity index (χ0) is 14.2. The van der Waals surface area contributed by atoms with Gasteiger partial charge in [-0.2, -0.15) is 0 Å². The summed E-state index contributed by atoms with van der Waals surface area (Å²) in [5.74, 6) is 0.925. The van der Waals surface area contributed by atoms with Crippen LogP contribution >= 0.6 is 0 Å². The smallest absolute Gasteiger partial charge is 0.0258 e. The number of hydrazine groups is 1. The van der Waals surface area contributed by atoms with E-state index in [0.717, 1.165) is 12.5 Å². The minimum absolute atomic E-state index is 0.925. The van der Waals surface area contributed by atoms with Crippen molar-refractivity contribution < 1.29 is 0 Å². The third-order valence-corrected chi connectivity index (χ3v) is 5.10. The van der Waals surface area contributed by atoms with E-state index in [2.05, 4.69) is 34.1 Å². The fourth-order valence-corrected chi connectivity index (χ4v) is 3.44. The highest BCUT2D eigenvalue weighted by Crippen LogP contribution is 2.17. The molecule has 20 heavy (non-hydrogen) atoms. The Morgan fingerprint density at radius 2 is 1.75 bits per heavy atom. The molecule has 2 heterocycles. The molecule has 2 saturated heterocycles. The quantitative estimate of drug-likeness (QED) is 0.831. The Bertz CT molecular complexity index is 229. The minimum atomic E-state index is 0.925. The first kappa shape index (κ1) is 16.2. The maximum atomic E-state index is 3.67. The molecule has 3 unspecified atom stereocenters. The Morgan fingerprint density at radius 1 is 0.900 bits per heavy atom. The van der Waals surface area contributed by atoms with Gasteiger partial charge >= 0.3 is 0 Å². The zero-order valence-electron chi connectivity index (χ0n) is 13.6. The van der Waals surface area contributed by atoms with Gasteiger partial charge in [-0.05, 0) is 38.3 Å². The van der Waals surface area contributed by atoms with Gasteiger partial charge in [-0.3, -0.25) is 5.43 Å². The van der Waals surface area contributed by atoms with Crippen molar-refractivity contribution in [1.29, 1.82) is 0 Å². The maximum Gasteiger partial charge on any atom is 0.0258 e. The van der Waals surface area contributed by atoms with E-state index in [1.807, 2.05) is 0 Å². The molecule has 0 aliphatic carbocycles. The first-order chi connectivity index (χ1) is 9.81. The molecule has 0 aromatic carbocycles. The van der Waals surface area contributed by atoms with Crippen molar-refractivity contribution in [3.63, 3.8) is 0 Å². The number of hydrogen-bond acceptors (Lipinski definition) is 4. The van der Waals surface area contributed by atoms with Gasteiger partial charge in [0.15, 0.2) is 0 Å². The molecule has 0 radical (unpaired) electrons. The minimum Gasteiger partial charge on any atom is -0.301 e. The molecular weight excluding hydrogens is 248 g/mol. The lowest BCUT2D eigenvalue weighted by Crippen LogP contribution is -2.50.